The number of aryl methyl sites for hydroxylation is 1. The van der Waals surface area contributed by atoms with Crippen LogP contribution in [0.15, 0.2) is 48.5 Å². The molecule has 3 aromatic carbocycles. The summed E-state index contributed by atoms with van der Waals surface area (Å²) in [7, 11) is 0. The number of ether oxygens (including phenoxy) is 2. The van der Waals surface area contributed by atoms with Gasteiger partial charge in [-0.05, 0) is 80.3 Å². The molecule has 0 aliphatic rings. The Kier molecular flexibility index (Phi) is 6.66. The zero-order valence-corrected chi connectivity index (χ0v) is 20.0. The monoisotopic (exact) mass is 476 g/mol. The van der Waals surface area contributed by atoms with E-state index in [9.17, 15) is 15.0 Å². The molecule has 0 bridgehead atoms. The van der Waals surface area contributed by atoms with Gasteiger partial charge in [0.15, 0.2) is 12.2 Å². The number of aliphatic hydroxyl groups is 1. The molecule has 0 fully saturated rings. The first kappa shape index (κ1) is 24.1. The van der Waals surface area contributed by atoms with Gasteiger partial charge >= 0.3 is 5.97 Å². The molecule has 2 unspecified atom stereocenters. The third-order valence-corrected chi connectivity index (χ3v) is 6.04. The fraction of sp³-hybridized carbons (Fsp3) is 0.259. The highest BCUT2D eigenvalue weighted by Gasteiger charge is 2.16. The number of aromatic amines is 1. The van der Waals surface area contributed by atoms with E-state index < -0.39 is 12.1 Å². The van der Waals surface area contributed by atoms with Gasteiger partial charge in [0.1, 0.15) is 28.8 Å². The first-order valence-electron chi connectivity index (χ1n) is 11.3. The van der Waals surface area contributed by atoms with E-state index in [1.54, 1.807) is 24.3 Å². The van der Waals surface area contributed by atoms with Gasteiger partial charge in [0, 0.05) is 12.5 Å². The van der Waals surface area contributed by atoms with Crippen LogP contribution in [-0.4, -0.2) is 37.4 Å². The van der Waals surface area contributed by atoms with Crippen LogP contribution in [0.5, 0.6) is 23.0 Å². The molecule has 0 radical (unpaired) electrons. The lowest BCUT2D eigenvalue weighted by Gasteiger charge is -2.14. The minimum atomic E-state index is -1.43. The summed E-state index contributed by atoms with van der Waals surface area (Å²) < 4.78 is 12.1. The second-order valence-electron chi connectivity index (χ2n) is 8.66. The van der Waals surface area contributed by atoms with Gasteiger partial charge in [-0.3, -0.25) is 0 Å². The summed E-state index contributed by atoms with van der Waals surface area (Å²) in [4.78, 5) is 18.7. The van der Waals surface area contributed by atoms with Crippen molar-refractivity contribution in [2.24, 2.45) is 0 Å². The number of carbonyl (C=O) groups is 1. The van der Waals surface area contributed by atoms with Gasteiger partial charge in [0.2, 0.25) is 0 Å². The number of hydrogen-bond acceptors (Lipinski definition) is 6. The number of carboxylic acid groups (broad SMARTS) is 1. The van der Waals surface area contributed by atoms with Gasteiger partial charge in [-0.15, -0.1) is 0 Å². The summed E-state index contributed by atoms with van der Waals surface area (Å²) in [6, 6.07) is 14.3. The number of fused-ring (bicyclic) bond motifs is 1. The zero-order chi connectivity index (χ0) is 25.3. The van der Waals surface area contributed by atoms with Crippen molar-refractivity contribution < 1.29 is 29.6 Å². The molecule has 35 heavy (non-hydrogen) atoms. The molecule has 4 aromatic rings. The van der Waals surface area contributed by atoms with Gasteiger partial charge in [-0.2, -0.15) is 0 Å². The molecule has 1 aromatic heterocycles. The fourth-order valence-electron chi connectivity index (χ4n) is 3.80. The second kappa shape index (κ2) is 9.68. The number of rotatable bonds is 8. The van der Waals surface area contributed by atoms with Crippen LogP contribution in [0.3, 0.4) is 0 Å². The lowest BCUT2D eigenvalue weighted by Crippen LogP contribution is -2.21. The Balaban J connectivity index is 1.48. The third-order valence-electron chi connectivity index (χ3n) is 6.04. The smallest absolute Gasteiger partial charge is 0.332 e. The van der Waals surface area contributed by atoms with Crippen molar-refractivity contribution in [3.8, 4) is 23.0 Å². The number of H-pyrrole nitrogens is 1. The molecule has 0 saturated carbocycles. The van der Waals surface area contributed by atoms with Crippen molar-refractivity contribution in [1.82, 2.24) is 9.97 Å². The van der Waals surface area contributed by atoms with Crippen LogP contribution in [0, 0.1) is 20.8 Å². The third kappa shape index (κ3) is 5.22. The summed E-state index contributed by atoms with van der Waals surface area (Å²) in [5.41, 5.74) is 4.70. The van der Waals surface area contributed by atoms with Crippen LogP contribution in [0.2, 0.25) is 0 Å². The number of benzene rings is 3. The van der Waals surface area contributed by atoms with Gasteiger partial charge in [0.05, 0.1) is 11.0 Å². The largest absolute Gasteiger partial charge is 0.507 e. The number of nitrogens with zero attached hydrogens (tertiary/aromatic N) is 1. The lowest BCUT2D eigenvalue weighted by molar-refractivity contribution is -0.146. The van der Waals surface area contributed by atoms with Crippen molar-refractivity contribution in [3.63, 3.8) is 0 Å². The highest BCUT2D eigenvalue weighted by Crippen LogP contribution is 2.35. The highest BCUT2D eigenvalue weighted by atomic mass is 16.5. The second-order valence-corrected chi connectivity index (χ2v) is 8.66. The Hall–Kier alpha value is -4.04. The number of aromatic nitrogens is 2. The molecule has 8 nitrogen and oxygen atoms in total. The maximum Gasteiger partial charge on any atom is 0.332 e. The normalized spacial score (nSPS) is 12.9. The highest BCUT2D eigenvalue weighted by molar-refractivity contribution is 5.77. The summed E-state index contributed by atoms with van der Waals surface area (Å²) in [5, 5.41) is 28.5. The van der Waals surface area contributed by atoms with Crippen LogP contribution in [0.25, 0.3) is 11.0 Å². The first-order valence-corrected chi connectivity index (χ1v) is 11.3. The predicted octanol–water partition coefficient (Wildman–Crippen LogP) is 5.11. The number of imidazole rings is 1. The topological polar surface area (TPSA) is 125 Å². The summed E-state index contributed by atoms with van der Waals surface area (Å²) in [5.74, 6) is 1.62. The van der Waals surface area contributed by atoms with E-state index >= 15 is 0 Å². The van der Waals surface area contributed by atoms with Crippen molar-refractivity contribution in [2.75, 3.05) is 0 Å². The van der Waals surface area contributed by atoms with Crippen molar-refractivity contribution >= 4 is 17.0 Å². The molecule has 0 saturated heterocycles. The van der Waals surface area contributed by atoms with Crippen molar-refractivity contribution in [2.45, 2.75) is 46.3 Å². The minimum absolute atomic E-state index is 0.0297. The Morgan fingerprint density at radius 2 is 1.71 bits per heavy atom. The molecule has 2 atom stereocenters. The van der Waals surface area contributed by atoms with Crippen LogP contribution < -0.4 is 9.47 Å². The van der Waals surface area contributed by atoms with E-state index in [1.807, 2.05) is 52.0 Å². The molecule has 0 aliphatic carbocycles. The summed E-state index contributed by atoms with van der Waals surface area (Å²) in [6.45, 7) is 7.50. The van der Waals surface area contributed by atoms with Gasteiger partial charge in [-0.1, -0.05) is 12.1 Å². The van der Waals surface area contributed by atoms with E-state index in [0.29, 0.717) is 28.6 Å². The maximum absolute atomic E-state index is 10.8. The van der Waals surface area contributed by atoms with Crippen LogP contribution in [-0.2, 0) is 11.2 Å². The maximum atomic E-state index is 10.8. The Morgan fingerprint density at radius 3 is 2.40 bits per heavy atom. The average Bonchev–Trinajstić information content (AvgIpc) is 3.26. The standard InChI is InChI=1S/C27H28N2O6/c1-14-11-24(15(2)16(3)25(14)31)35-20-9-10-21-22(13-20)29-26(28-21)17(4)34-19-7-5-18(6-8-19)12-23(30)27(32)33/h5-11,13,17,23,30-31H,12H2,1-4H3,(H,28,29)(H,32,33). The van der Waals surface area contributed by atoms with E-state index in [-0.39, 0.29) is 18.3 Å². The lowest BCUT2D eigenvalue weighted by atomic mass is 10.0. The number of phenols is 1. The van der Waals surface area contributed by atoms with Crippen molar-refractivity contribution in [1.29, 1.82) is 0 Å². The molecule has 4 N–H and O–H groups in total. The Morgan fingerprint density at radius 1 is 1.03 bits per heavy atom. The molecule has 4 rings (SSSR count). The SMILES string of the molecule is Cc1cc(Oc2ccc3nc(C(C)Oc4ccc(CC(O)C(=O)O)cc4)[nH]c3c2)c(C)c(C)c1O. The zero-order valence-electron chi connectivity index (χ0n) is 20.0. The number of aliphatic carboxylic acids is 1. The van der Waals surface area contributed by atoms with Gasteiger partial charge in [0.25, 0.3) is 0 Å². The quantitative estimate of drug-likeness (QED) is 0.278. The molecule has 1 heterocycles. The molecule has 0 aliphatic heterocycles. The Bertz CT molecular complexity index is 1380. The van der Waals surface area contributed by atoms with E-state index in [4.69, 9.17) is 14.6 Å². The number of aliphatic hydroxyl groups excluding tert-OH is 1. The number of carboxylic acids is 1. The molecule has 0 spiro atoms. The van der Waals surface area contributed by atoms with Crippen LogP contribution in [0.4, 0.5) is 0 Å². The summed E-state index contributed by atoms with van der Waals surface area (Å²) in [6.07, 6.45) is -1.77. The van der Waals surface area contributed by atoms with Crippen molar-refractivity contribution in [3.05, 3.63) is 76.6 Å². The van der Waals surface area contributed by atoms with Gasteiger partial charge < -0.3 is 29.8 Å². The number of aromatic hydroxyl groups is 1. The molecular weight excluding hydrogens is 448 g/mol. The molecule has 182 valence electrons. The molecular formula is C27H28N2O6. The molecule has 0 amide bonds. The minimum Gasteiger partial charge on any atom is -0.507 e. The van der Waals surface area contributed by atoms with Gasteiger partial charge in [-0.25, -0.2) is 9.78 Å². The van der Waals surface area contributed by atoms with E-state index in [1.165, 1.54) is 0 Å². The number of nitrogens with one attached hydrogen (secondary N) is 1. The number of phenolic OH excluding ortho intramolecular Hbond substituents is 1. The average molecular weight is 477 g/mol. The van der Waals surface area contributed by atoms with E-state index in [0.717, 1.165) is 27.7 Å². The number of hydrogen-bond donors (Lipinski definition) is 4. The van der Waals surface area contributed by atoms with E-state index in [2.05, 4.69) is 9.97 Å². The van der Waals surface area contributed by atoms with Crippen LogP contribution in [0.1, 0.15) is 41.1 Å². The van der Waals surface area contributed by atoms with Crippen LogP contribution >= 0.6 is 0 Å². The molecule has 8 heteroatoms. The Labute approximate surface area is 202 Å². The first-order chi connectivity index (χ1) is 16.6. The fourth-order valence-corrected chi connectivity index (χ4v) is 3.80. The predicted molar refractivity (Wildman–Crippen MR) is 131 cm³/mol. The summed E-state index contributed by atoms with van der Waals surface area (Å²) >= 11 is 0.